The average molecular weight is 497 g/mol. The topological polar surface area (TPSA) is 63.5 Å². The van der Waals surface area contributed by atoms with Gasteiger partial charge in [-0.3, -0.25) is 4.99 Å². The van der Waals surface area contributed by atoms with Gasteiger partial charge in [-0.2, -0.15) is 5.10 Å². The van der Waals surface area contributed by atoms with Crippen LogP contribution in [0.2, 0.25) is 0 Å². The van der Waals surface area contributed by atoms with Gasteiger partial charge < -0.3 is 15.4 Å². The average Bonchev–Trinajstić information content (AvgIpc) is 3.40. The number of rotatable bonds is 8. The highest BCUT2D eigenvalue weighted by molar-refractivity contribution is 14.0. The summed E-state index contributed by atoms with van der Waals surface area (Å²) in [4.78, 5) is 4.41. The van der Waals surface area contributed by atoms with Gasteiger partial charge in [-0.15, -0.1) is 24.0 Å². The van der Waals surface area contributed by atoms with Crippen LogP contribution in [0.4, 0.5) is 0 Å². The monoisotopic (exact) mass is 497 g/mol. The van der Waals surface area contributed by atoms with Crippen LogP contribution in [-0.2, 0) is 11.3 Å². The third kappa shape index (κ3) is 5.94. The first-order valence-electron chi connectivity index (χ1n) is 9.78. The number of nitrogens with zero attached hydrogens (tertiary/aromatic N) is 3. The molecule has 0 aliphatic heterocycles. The zero-order valence-corrected chi connectivity index (χ0v) is 19.2. The molecule has 28 heavy (non-hydrogen) atoms. The number of aromatic nitrogens is 2. The second-order valence-corrected chi connectivity index (χ2v) is 7.31. The molecule has 0 bridgehead atoms. The van der Waals surface area contributed by atoms with Crippen LogP contribution < -0.4 is 10.6 Å². The minimum atomic E-state index is 0. The van der Waals surface area contributed by atoms with E-state index < -0.39 is 0 Å². The number of para-hydroxylation sites is 1. The van der Waals surface area contributed by atoms with E-state index in [1.807, 2.05) is 30.1 Å². The standard InChI is InChI=1S/C21H31N5O.HI/c1-22-20(24-17-21(12-15-27-2)10-5-6-11-21)23-16-18-8-3-4-9-19(18)26-14-7-13-25-26;/h3-4,7-9,13-14H,5-6,10-12,15-17H2,1-2H3,(H2,22,23,24);1H. The molecule has 0 radical (unpaired) electrons. The Morgan fingerprint density at radius 2 is 2.00 bits per heavy atom. The van der Waals surface area contributed by atoms with Crippen LogP contribution in [0, 0.1) is 5.41 Å². The molecule has 0 atom stereocenters. The predicted molar refractivity (Wildman–Crippen MR) is 125 cm³/mol. The van der Waals surface area contributed by atoms with E-state index in [0.717, 1.165) is 31.2 Å². The summed E-state index contributed by atoms with van der Waals surface area (Å²) in [6.45, 7) is 2.46. The lowest BCUT2D eigenvalue weighted by atomic mass is 9.83. The van der Waals surface area contributed by atoms with Crippen LogP contribution >= 0.6 is 24.0 Å². The Kier molecular flexibility index (Phi) is 9.24. The summed E-state index contributed by atoms with van der Waals surface area (Å²) in [5.74, 6) is 0.842. The second kappa shape index (κ2) is 11.4. The Bertz CT molecular complexity index is 726. The van der Waals surface area contributed by atoms with Crippen molar-refractivity contribution in [2.75, 3.05) is 27.3 Å². The fraction of sp³-hybridized carbons (Fsp3) is 0.524. The van der Waals surface area contributed by atoms with Crippen molar-refractivity contribution in [3.63, 3.8) is 0 Å². The van der Waals surface area contributed by atoms with Gasteiger partial charge in [0.2, 0.25) is 0 Å². The van der Waals surface area contributed by atoms with E-state index in [-0.39, 0.29) is 24.0 Å². The Labute approximate surface area is 185 Å². The van der Waals surface area contributed by atoms with Crippen LogP contribution in [0.15, 0.2) is 47.7 Å². The fourth-order valence-electron chi connectivity index (χ4n) is 3.92. The van der Waals surface area contributed by atoms with Gasteiger partial charge in [-0.25, -0.2) is 4.68 Å². The highest BCUT2D eigenvalue weighted by atomic mass is 127. The Morgan fingerprint density at radius 3 is 2.68 bits per heavy atom. The van der Waals surface area contributed by atoms with Gasteiger partial charge in [0.05, 0.1) is 5.69 Å². The predicted octanol–water partition coefficient (Wildman–Crippen LogP) is 3.75. The molecule has 1 aliphatic rings. The fourth-order valence-corrected chi connectivity index (χ4v) is 3.92. The van der Waals surface area contributed by atoms with E-state index in [1.165, 1.54) is 31.2 Å². The molecule has 2 aromatic rings. The molecule has 7 heteroatoms. The maximum atomic E-state index is 5.33. The van der Waals surface area contributed by atoms with Crippen molar-refractivity contribution in [2.45, 2.75) is 38.6 Å². The molecule has 1 aliphatic carbocycles. The minimum absolute atomic E-state index is 0. The number of hydrogen-bond acceptors (Lipinski definition) is 3. The maximum Gasteiger partial charge on any atom is 0.191 e. The summed E-state index contributed by atoms with van der Waals surface area (Å²) in [5.41, 5.74) is 2.59. The molecule has 154 valence electrons. The van der Waals surface area contributed by atoms with E-state index in [9.17, 15) is 0 Å². The Hall–Kier alpha value is -1.61. The van der Waals surface area contributed by atoms with Gasteiger partial charge >= 0.3 is 0 Å². The third-order valence-electron chi connectivity index (χ3n) is 5.54. The SMILES string of the molecule is CN=C(NCc1ccccc1-n1cccn1)NCC1(CCOC)CCCC1.I. The molecular formula is C21H32IN5O. The van der Waals surface area contributed by atoms with Gasteiger partial charge in [0, 0.05) is 46.2 Å². The summed E-state index contributed by atoms with van der Waals surface area (Å²) in [6.07, 6.45) is 10.0. The normalized spacial score (nSPS) is 15.9. The molecule has 0 amide bonds. The highest BCUT2D eigenvalue weighted by Gasteiger charge is 2.33. The van der Waals surface area contributed by atoms with E-state index in [2.05, 4.69) is 38.9 Å². The van der Waals surface area contributed by atoms with E-state index >= 15 is 0 Å². The molecule has 2 N–H and O–H groups in total. The third-order valence-corrected chi connectivity index (χ3v) is 5.54. The molecule has 0 unspecified atom stereocenters. The van der Waals surface area contributed by atoms with Crippen molar-refractivity contribution in [3.05, 3.63) is 48.3 Å². The lowest BCUT2D eigenvalue weighted by molar-refractivity contribution is 0.138. The molecule has 0 saturated heterocycles. The van der Waals surface area contributed by atoms with Crippen molar-refractivity contribution in [1.82, 2.24) is 20.4 Å². The molecule has 1 aromatic carbocycles. The number of guanidine groups is 1. The van der Waals surface area contributed by atoms with Crippen LogP contribution in [0.3, 0.4) is 0 Å². The number of benzene rings is 1. The van der Waals surface area contributed by atoms with Gasteiger partial charge in [-0.1, -0.05) is 31.0 Å². The highest BCUT2D eigenvalue weighted by Crippen LogP contribution is 2.40. The number of methoxy groups -OCH3 is 1. The van der Waals surface area contributed by atoms with Crippen LogP contribution in [0.5, 0.6) is 0 Å². The molecule has 1 fully saturated rings. The van der Waals surface area contributed by atoms with E-state index in [1.54, 1.807) is 13.3 Å². The quantitative estimate of drug-likeness (QED) is 0.331. The molecule has 0 spiro atoms. The maximum absolute atomic E-state index is 5.33. The van der Waals surface area contributed by atoms with Gasteiger partial charge in [0.1, 0.15) is 0 Å². The smallest absolute Gasteiger partial charge is 0.191 e. The van der Waals surface area contributed by atoms with Crippen LogP contribution in [0.25, 0.3) is 5.69 Å². The molecular weight excluding hydrogens is 465 g/mol. The summed E-state index contributed by atoms with van der Waals surface area (Å²) in [7, 11) is 3.61. The largest absolute Gasteiger partial charge is 0.385 e. The number of aliphatic imine (C=N–C) groups is 1. The number of nitrogens with one attached hydrogen (secondary N) is 2. The Balaban J connectivity index is 0.00000280. The van der Waals surface area contributed by atoms with Crippen molar-refractivity contribution in [2.24, 2.45) is 10.4 Å². The first kappa shape index (κ1) is 22.7. The zero-order chi connectivity index (χ0) is 19.0. The van der Waals surface area contributed by atoms with Crippen molar-refractivity contribution in [1.29, 1.82) is 0 Å². The summed E-state index contributed by atoms with van der Waals surface area (Å²) in [5, 5.41) is 11.4. The van der Waals surface area contributed by atoms with Crippen molar-refractivity contribution < 1.29 is 4.74 Å². The first-order chi connectivity index (χ1) is 13.3. The van der Waals surface area contributed by atoms with Crippen LogP contribution in [0.1, 0.15) is 37.7 Å². The molecule has 1 heterocycles. The summed E-state index contributed by atoms with van der Waals surface area (Å²) < 4.78 is 7.23. The zero-order valence-electron chi connectivity index (χ0n) is 16.9. The van der Waals surface area contributed by atoms with E-state index in [4.69, 9.17) is 4.74 Å². The van der Waals surface area contributed by atoms with Gasteiger partial charge in [0.15, 0.2) is 5.96 Å². The first-order valence-corrected chi connectivity index (χ1v) is 9.78. The second-order valence-electron chi connectivity index (χ2n) is 7.31. The van der Waals surface area contributed by atoms with Gasteiger partial charge in [0.25, 0.3) is 0 Å². The van der Waals surface area contributed by atoms with Crippen molar-refractivity contribution in [3.8, 4) is 5.69 Å². The lowest BCUT2D eigenvalue weighted by Gasteiger charge is -2.30. The van der Waals surface area contributed by atoms with E-state index in [0.29, 0.717) is 12.0 Å². The summed E-state index contributed by atoms with van der Waals surface area (Å²) in [6, 6.07) is 10.2. The molecule has 1 saturated carbocycles. The lowest BCUT2D eigenvalue weighted by Crippen LogP contribution is -2.43. The minimum Gasteiger partial charge on any atom is -0.385 e. The van der Waals surface area contributed by atoms with Crippen molar-refractivity contribution >= 4 is 29.9 Å². The number of ether oxygens (including phenoxy) is 1. The number of halogens is 1. The van der Waals surface area contributed by atoms with Gasteiger partial charge in [-0.05, 0) is 42.4 Å². The Morgan fingerprint density at radius 1 is 1.21 bits per heavy atom. The molecule has 6 nitrogen and oxygen atoms in total. The van der Waals surface area contributed by atoms with Crippen LogP contribution in [-0.4, -0.2) is 43.0 Å². The summed E-state index contributed by atoms with van der Waals surface area (Å²) >= 11 is 0. The number of hydrogen-bond donors (Lipinski definition) is 2. The molecule has 3 rings (SSSR count). The molecule has 1 aromatic heterocycles.